The molecule has 2 heterocycles. The van der Waals surface area contributed by atoms with Crippen molar-refractivity contribution in [3.05, 3.63) is 40.7 Å². The van der Waals surface area contributed by atoms with Crippen LogP contribution in [0.4, 0.5) is 10.1 Å². The molecular weight excluding hydrogens is 333 g/mol. The van der Waals surface area contributed by atoms with E-state index in [0.29, 0.717) is 10.9 Å². The van der Waals surface area contributed by atoms with Crippen molar-refractivity contribution in [1.82, 2.24) is 20.1 Å². The molecule has 2 N–H and O–H groups in total. The minimum atomic E-state index is -0.533. The van der Waals surface area contributed by atoms with Gasteiger partial charge in [-0.15, -0.1) is 0 Å². The molecule has 0 radical (unpaired) electrons. The van der Waals surface area contributed by atoms with Crippen molar-refractivity contribution in [1.29, 1.82) is 0 Å². The summed E-state index contributed by atoms with van der Waals surface area (Å²) < 4.78 is 13.7. The Morgan fingerprint density at radius 1 is 1.46 bits per heavy atom. The van der Waals surface area contributed by atoms with E-state index in [0.717, 1.165) is 37.6 Å². The smallest absolute Gasteiger partial charge is 0.238 e. The molecule has 0 aliphatic carbocycles. The summed E-state index contributed by atoms with van der Waals surface area (Å²) >= 11 is 5.70. The van der Waals surface area contributed by atoms with Gasteiger partial charge < -0.3 is 5.32 Å². The summed E-state index contributed by atoms with van der Waals surface area (Å²) in [7, 11) is 0. The van der Waals surface area contributed by atoms with Gasteiger partial charge in [0.05, 0.1) is 12.2 Å². The molecule has 1 aliphatic rings. The lowest BCUT2D eigenvalue weighted by molar-refractivity contribution is -0.117. The Morgan fingerprint density at radius 2 is 2.21 bits per heavy atom. The van der Waals surface area contributed by atoms with Crippen molar-refractivity contribution < 1.29 is 9.18 Å². The molecule has 1 aromatic heterocycles. The van der Waals surface area contributed by atoms with Gasteiger partial charge in [0.25, 0.3) is 0 Å². The number of rotatable bonds is 4. The number of likely N-dealkylation sites (tertiary alicyclic amines) is 1. The zero-order valence-electron chi connectivity index (χ0n) is 13.4. The lowest BCUT2D eigenvalue weighted by atomic mass is 9.96. The van der Waals surface area contributed by atoms with Gasteiger partial charge in [0, 0.05) is 10.9 Å². The summed E-state index contributed by atoms with van der Waals surface area (Å²) in [4.78, 5) is 18.5. The summed E-state index contributed by atoms with van der Waals surface area (Å²) in [6.45, 7) is 3.69. The average molecular weight is 352 g/mol. The maximum Gasteiger partial charge on any atom is 0.238 e. The van der Waals surface area contributed by atoms with E-state index in [1.54, 1.807) is 6.07 Å². The van der Waals surface area contributed by atoms with Crippen molar-refractivity contribution in [2.75, 3.05) is 25.0 Å². The quantitative estimate of drug-likeness (QED) is 0.888. The van der Waals surface area contributed by atoms with Crippen LogP contribution in [0.25, 0.3) is 0 Å². The van der Waals surface area contributed by atoms with E-state index in [2.05, 4.69) is 25.4 Å². The van der Waals surface area contributed by atoms with E-state index in [1.165, 1.54) is 12.1 Å². The molecule has 24 heavy (non-hydrogen) atoms. The maximum atomic E-state index is 13.7. The number of aryl methyl sites for hydroxylation is 1. The number of hydrogen-bond donors (Lipinski definition) is 2. The van der Waals surface area contributed by atoms with E-state index < -0.39 is 5.82 Å². The highest BCUT2D eigenvalue weighted by molar-refractivity contribution is 6.30. The number of carbonyl (C=O) groups is 1. The first kappa shape index (κ1) is 16.9. The second-order valence-electron chi connectivity index (χ2n) is 6.00. The number of nitrogens with one attached hydrogen (secondary N) is 2. The molecule has 0 saturated carbocycles. The number of hydrogen-bond acceptors (Lipinski definition) is 4. The first-order valence-corrected chi connectivity index (χ1v) is 8.25. The Bertz CT molecular complexity index is 727. The molecule has 0 bridgehead atoms. The van der Waals surface area contributed by atoms with Crippen LogP contribution in [0.2, 0.25) is 5.02 Å². The van der Waals surface area contributed by atoms with Gasteiger partial charge in [-0.2, -0.15) is 5.10 Å². The Kier molecular flexibility index (Phi) is 5.11. The van der Waals surface area contributed by atoms with Crippen LogP contribution in [0.5, 0.6) is 0 Å². The molecular formula is C16H19ClFN5O. The van der Waals surface area contributed by atoms with Crippen LogP contribution in [0.3, 0.4) is 0 Å². The van der Waals surface area contributed by atoms with Crippen molar-refractivity contribution in [2.45, 2.75) is 25.7 Å². The summed E-state index contributed by atoms with van der Waals surface area (Å²) in [5.74, 6) is 1.22. The summed E-state index contributed by atoms with van der Waals surface area (Å²) in [5.41, 5.74) is 0.149. The van der Waals surface area contributed by atoms with E-state index in [4.69, 9.17) is 11.6 Å². The SMILES string of the molecule is Cc1nc(C2CCN(CC(=O)Nc3ccc(Cl)cc3F)CC2)n[nH]1. The summed E-state index contributed by atoms with van der Waals surface area (Å²) in [6.07, 6.45) is 1.81. The zero-order chi connectivity index (χ0) is 17.1. The number of piperidine rings is 1. The van der Waals surface area contributed by atoms with Gasteiger partial charge >= 0.3 is 0 Å². The normalized spacial score (nSPS) is 16.3. The molecule has 0 unspecified atom stereocenters. The minimum absolute atomic E-state index is 0.149. The molecule has 1 fully saturated rings. The Labute approximate surface area is 144 Å². The van der Waals surface area contributed by atoms with Crippen molar-refractivity contribution in [2.24, 2.45) is 0 Å². The highest BCUT2D eigenvalue weighted by atomic mass is 35.5. The number of aromatic amines is 1. The molecule has 1 saturated heterocycles. The molecule has 1 aliphatic heterocycles. The fourth-order valence-corrected chi connectivity index (χ4v) is 3.03. The number of nitrogens with zero attached hydrogens (tertiary/aromatic N) is 3. The predicted molar refractivity (Wildman–Crippen MR) is 89.6 cm³/mol. The van der Waals surface area contributed by atoms with Crippen LogP contribution in [-0.4, -0.2) is 45.6 Å². The molecule has 0 atom stereocenters. The lowest BCUT2D eigenvalue weighted by Crippen LogP contribution is -2.39. The molecule has 1 amide bonds. The number of anilines is 1. The fourth-order valence-electron chi connectivity index (χ4n) is 2.88. The van der Waals surface area contributed by atoms with Gasteiger partial charge in [0.2, 0.25) is 5.91 Å². The second kappa shape index (κ2) is 7.27. The highest BCUT2D eigenvalue weighted by Crippen LogP contribution is 2.25. The van der Waals surface area contributed by atoms with Crippen molar-refractivity contribution >= 4 is 23.2 Å². The standard InChI is InChI=1S/C16H19ClFN5O/c1-10-19-16(22-21-10)11-4-6-23(7-5-11)9-15(24)20-14-3-2-12(17)8-13(14)18/h2-3,8,11H,4-7,9H2,1H3,(H,20,24)(H,19,21,22). The molecule has 6 nitrogen and oxygen atoms in total. The zero-order valence-corrected chi connectivity index (χ0v) is 14.1. The molecule has 1 aromatic carbocycles. The molecule has 128 valence electrons. The average Bonchev–Trinajstić information content (AvgIpc) is 2.97. The van der Waals surface area contributed by atoms with Gasteiger partial charge in [-0.1, -0.05) is 11.6 Å². The Morgan fingerprint density at radius 3 is 2.83 bits per heavy atom. The minimum Gasteiger partial charge on any atom is -0.322 e. The van der Waals surface area contributed by atoms with Crippen LogP contribution >= 0.6 is 11.6 Å². The number of aromatic nitrogens is 3. The Hall–Kier alpha value is -1.99. The molecule has 8 heteroatoms. The summed E-state index contributed by atoms with van der Waals surface area (Å²) in [6, 6.07) is 4.19. The third-order valence-electron chi connectivity index (χ3n) is 4.14. The van der Waals surface area contributed by atoms with E-state index in [-0.39, 0.29) is 18.1 Å². The first-order valence-electron chi connectivity index (χ1n) is 7.87. The lowest BCUT2D eigenvalue weighted by Gasteiger charge is -2.30. The Balaban J connectivity index is 1.49. The van der Waals surface area contributed by atoms with E-state index in [1.807, 2.05) is 6.92 Å². The predicted octanol–water partition coefficient (Wildman–Crippen LogP) is 2.72. The van der Waals surface area contributed by atoms with E-state index in [9.17, 15) is 9.18 Å². The van der Waals surface area contributed by atoms with Gasteiger partial charge in [0.15, 0.2) is 5.82 Å². The van der Waals surface area contributed by atoms with Gasteiger partial charge in [-0.25, -0.2) is 9.37 Å². The largest absolute Gasteiger partial charge is 0.322 e. The second-order valence-corrected chi connectivity index (χ2v) is 6.44. The highest BCUT2D eigenvalue weighted by Gasteiger charge is 2.24. The number of benzene rings is 1. The van der Waals surface area contributed by atoms with E-state index >= 15 is 0 Å². The van der Waals surface area contributed by atoms with Crippen LogP contribution < -0.4 is 5.32 Å². The van der Waals surface area contributed by atoms with Crippen LogP contribution in [-0.2, 0) is 4.79 Å². The number of carbonyl (C=O) groups excluding carboxylic acids is 1. The maximum absolute atomic E-state index is 13.7. The van der Waals surface area contributed by atoms with Crippen molar-refractivity contribution in [3.63, 3.8) is 0 Å². The third-order valence-corrected chi connectivity index (χ3v) is 4.37. The monoisotopic (exact) mass is 351 g/mol. The van der Waals surface area contributed by atoms with Crippen LogP contribution in [0.15, 0.2) is 18.2 Å². The van der Waals surface area contributed by atoms with Gasteiger partial charge in [-0.05, 0) is 51.1 Å². The number of H-pyrrole nitrogens is 1. The molecule has 0 spiro atoms. The number of halogens is 2. The summed E-state index contributed by atoms with van der Waals surface area (Å²) in [5, 5.41) is 9.96. The fraction of sp³-hybridized carbons (Fsp3) is 0.438. The topological polar surface area (TPSA) is 73.9 Å². The van der Waals surface area contributed by atoms with Crippen molar-refractivity contribution in [3.8, 4) is 0 Å². The van der Waals surface area contributed by atoms with Crippen LogP contribution in [0.1, 0.15) is 30.4 Å². The van der Waals surface area contributed by atoms with Gasteiger partial charge in [-0.3, -0.25) is 14.8 Å². The van der Waals surface area contributed by atoms with Gasteiger partial charge in [0.1, 0.15) is 11.6 Å². The first-order chi connectivity index (χ1) is 11.5. The van der Waals surface area contributed by atoms with Crippen LogP contribution in [0, 0.1) is 12.7 Å². The third kappa shape index (κ3) is 4.10. The number of amides is 1. The molecule has 3 rings (SSSR count). The molecule has 2 aromatic rings.